The van der Waals surface area contributed by atoms with Crippen LogP contribution in [0.2, 0.25) is 10.0 Å². The van der Waals surface area contributed by atoms with Gasteiger partial charge < -0.3 is 5.11 Å². The highest BCUT2D eigenvalue weighted by Gasteiger charge is 2.47. The number of nitrogens with zero attached hydrogens (tertiary/aromatic N) is 1. The van der Waals surface area contributed by atoms with Gasteiger partial charge in [0, 0.05) is 21.3 Å². The van der Waals surface area contributed by atoms with E-state index in [0.717, 1.165) is 5.56 Å². The molecule has 1 unspecified atom stereocenters. The normalized spacial score (nSPS) is 18.1. The molecular formula is C24H17Cl2NO3. The Hall–Kier alpha value is -3.08. The molecule has 0 radical (unpaired) electrons. The Balaban J connectivity index is 1.97. The van der Waals surface area contributed by atoms with Gasteiger partial charge in [0.05, 0.1) is 11.6 Å². The van der Waals surface area contributed by atoms with E-state index in [1.807, 2.05) is 37.3 Å². The van der Waals surface area contributed by atoms with Gasteiger partial charge in [-0.2, -0.15) is 0 Å². The number of carbonyl (C=O) groups excluding carboxylic acids is 2. The van der Waals surface area contributed by atoms with Crippen molar-refractivity contribution in [2.45, 2.75) is 13.0 Å². The van der Waals surface area contributed by atoms with Gasteiger partial charge in [-0.05, 0) is 54.4 Å². The van der Waals surface area contributed by atoms with E-state index in [2.05, 4.69) is 0 Å². The fourth-order valence-corrected chi connectivity index (χ4v) is 3.93. The monoisotopic (exact) mass is 437 g/mol. The summed E-state index contributed by atoms with van der Waals surface area (Å²) in [4.78, 5) is 27.6. The van der Waals surface area contributed by atoms with Gasteiger partial charge in [0.1, 0.15) is 5.76 Å². The molecule has 0 bridgehead atoms. The lowest BCUT2D eigenvalue weighted by Crippen LogP contribution is -2.30. The van der Waals surface area contributed by atoms with E-state index in [1.54, 1.807) is 42.5 Å². The maximum atomic E-state index is 13.1. The first-order valence-corrected chi connectivity index (χ1v) is 10.0. The zero-order valence-corrected chi connectivity index (χ0v) is 17.5. The Morgan fingerprint density at radius 1 is 0.900 bits per heavy atom. The lowest BCUT2D eigenvalue weighted by molar-refractivity contribution is -0.132. The Morgan fingerprint density at radius 3 is 2.20 bits per heavy atom. The molecule has 4 nitrogen and oxygen atoms in total. The van der Waals surface area contributed by atoms with E-state index >= 15 is 0 Å². The molecule has 1 atom stereocenters. The summed E-state index contributed by atoms with van der Waals surface area (Å²) in [5, 5.41) is 12.0. The quantitative estimate of drug-likeness (QED) is 0.313. The smallest absolute Gasteiger partial charge is 0.300 e. The summed E-state index contributed by atoms with van der Waals surface area (Å²) in [6.07, 6.45) is 0. The largest absolute Gasteiger partial charge is 0.507 e. The molecule has 1 aliphatic rings. The summed E-state index contributed by atoms with van der Waals surface area (Å²) in [5.41, 5.74) is 2.43. The molecule has 1 amide bonds. The van der Waals surface area contributed by atoms with Gasteiger partial charge in [-0.3, -0.25) is 14.5 Å². The molecule has 3 aromatic rings. The third-order valence-electron chi connectivity index (χ3n) is 5.11. The summed E-state index contributed by atoms with van der Waals surface area (Å²) >= 11 is 12.1. The zero-order chi connectivity index (χ0) is 21.4. The number of aliphatic hydroxyl groups is 1. The molecule has 1 saturated heterocycles. The number of carbonyl (C=O) groups is 2. The number of aliphatic hydroxyl groups excluding tert-OH is 1. The van der Waals surface area contributed by atoms with Crippen LogP contribution in [0.15, 0.2) is 78.4 Å². The van der Waals surface area contributed by atoms with Gasteiger partial charge in [-0.25, -0.2) is 0 Å². The number of hydrogen-bond donors (Lipinski definition) is 1. The van der Waals surface area contributed by atoms with E-state index in [1.165, 1.54) is 4.90 Å². The summed E-state index contributed by atoms with van der Waals surface area (Å²) in [7, 11) is 0. The molecule has 0 aromatic heterocycles. The van der Waals surface area contributed by atoms with Gasteiger partial charge in [-0.15, -0.1) is 0 Å². The summed E-state index contributed by atoms with van der Waals surface area (Å²) in [5.74, 6) is -1.72. The van der Waals surface area contributed by atoms with E-state index in [4.69, 9.17) is 23.2 Å². The topological polar surface area (TPSA) is 57.6 Å². The van der Waals surface area contributed by atoms with Gasteiger partial charge in [0.2, 0.25) is 0 Å². The highest BCUT2D eigenvalue weighted by molar-refractivity contribution is 6.52. The first-order valence-electron chi connectivity index (χ1n) is 9.26. The van der Waals surface area contributed by atoms with Crippen LogP contribution in [0.1, 0.15) is 22.7 Å². The van der Waals surface area contributed by atoms with Crippen LogP contribution in [0.5, 0.6) is 0 Å². The minimum atomic E-state index is -0.793. The van der Waals surface area contributed by atoms with Crippen molar-refractivity contribution < 1.29 is 14.7 Å². The molecule has 1 aliphatic heterocycles. The number of Topliss-reactive ketones (excluding diaryl/α,β-unsaturated/α-hetero) is 1. The third-order valence-corrected chi connectivity index (χ3v) is 5.60. The highest BCUT2D eigenvalue weighted by atomic mass is 35.5. The van der Waals surface area contributed by atoms with Crippen molar-refractivity contribution >= 4 is 46.3 Å². The van der Waals surface area contributed by atoms with Crippen LogP contribution in [-0.4, -0.2) is 16.8 Å². The third kappa shape index (κ3) is 3.49. The number of halogens is 2. The Kier molecular flexibility index (Phi) is 5.37. The molecule has 0 saturated carbocycles. The second-order valence-electron chi connectivity index (χ2n) is 7.02. The molecule has 1 N–H and O–H groups in total. The molecule has 6 heteroatoms. The second-order valence-corrected chi connectivity index (χ2v) is 7.89. The fraction of sp³-hybridized carbons (Fsp3) is 0.0833. The number of ketones is 1. The Bertz CT molecular complexity index is 1170. The van der Waals surface area contributed by atoms with Gasteiger partial charge in [0.15, 0.2) is 0 Å². The molecule has 150 valence electrons. The molecule has 1 fully saturated rings. The van der Waals surface area contributed by atoms with Crippen molar-refractivity contribution in [2.24, 2.45) is 0 Å². The number of benzene rings is 3. The number of rotatable bonds is 3. The molecule has 3 aromatic carbocycles. The summed E-state index contributed by atoms with van der Waals surface area (Å²) < 4.78 is 0. The molecular weight excluding hydrogens is 421 g/mol. The maximum absolute atomic E-state index is 13.1. The first-order chi connectivity index (χ1) is 14.4. The van der Waals surface area contributed by atoms with Crippen molar-refractivity contribution in [1.29, 1.82) is 0 Å². The van der Waals surface area contributed by atoms with Crippen molar-refractivity contribution in [3.8, 4) is 0 Å². The van der Waals surface area contributed by atoms with E-state index in [0.29, 0.717) is 26.9 Å². The number of anilines is 1. The highest BCUT2D eigenvalue weighted by Crippen LogP contribution is 2.43. The fourth-order valence-electron chi connectivity index (χ4n) is 3.64. The zero-order valence-electron chi connectivity index (χ0n) is 16.0. The second kappa shape index (κ2) is 7.98. The molecule has 4 rings (SSSR count). The Labute approximate surface area is 184 Å². The van der Waals surface area contributed by atoms with Crippen LogP contribution in [0, 0.1) is 6.92 Å². The lowest BCUT2D eigenvalue weighted by Gasteiger charge is -2.27. The van der Waals surface area contributed by atoms with Crippen molar-refractivity contribution in [2.75, 3.05) is 4.90 Å². The van der Waals surface area contributed by atoms with Crippen molar-refractivity contribution in [1.82, 2.24) is 0 Å². The lowest BCUT2D eigenvalue weighted by atomic mass is 9.95. The van der Waals surface area contributed by atoms with Gasteiger partial charge in [0.25, 0.3) is 11.7 Å². The van der Waals surface area contributed by atoms with E-state index in [-0.39, 0.29) is 11.3 Å². The Morgan fingerprint density at radius 2 is 1.53 bits per heavy atom. The standard InChI is InChI=1S/C24H17Cl2NO3/c1-14-7-10-18(26)13-19(14)27-21(15-5-3-2-4-6-15)20(23(29)24(27)30)22(28)16-8-11-17(25)12-9-16/h2-13,21,28H,1H3/b22-20+. The average Bonchev–Trinajstić information content (AvgIpc) is 3.01. The minimum absolute atomic E-state index is 0.0212. The van der Waals surface area contributed by atoms with Crippen LogP contribution >= 0.6 is 23.2 Å². The predicted octanol–water partition coefficient (Wildman–Crippen LogP) is 5.93. The van der Waals surface area contributed by atoms with Crippen LogP contribution < -0.4 is 4.90 Å². The predicted molar refractivity (Wildman–Crippen MR) is 119 cm³/mol. The minimum Gasteiger partial charge on any atom is -0.507 e. The van der Waals surface area contributed by atoms with Crippen LogP contribution in [-0.2, 0) is 9.59 Å². The SMILES string of the molecule is Cc1ccc(Cl)cc1N1C(=O)C(=O)/C(=C(/O)c2ccc(Cl)cc2)C1c1ccccc1. The van der Waals surface area contributed by atoms with E-state index < -0.39 is 17.7 Å². The number of aryl methyl sites for hydroxylation is 1. The van der Waals surface area contributed by atoms with Crippen LogP contribution in [0.3, 0.4) is 0 Å². The van der Waals surface area contributed by atoms with Crippen LogP contribution in [0.25, 0.3) is 5.76 Å². The maximum Gasteiger partial charge on any atom is 0.300 e. The van der Waals surface area contributed by atoms with E-state index in [9.17, 15) is 14.7 Å². The van der Waals surface area contributed by atoms with Crippen molar-refractivity contribution in [3.05, 3.63) is 105 Å². The van der Waals surface area contributed by atoms with Crippen molar-refractivity contribution in [3.63, 3.8) is 0 Å². The molecule has 1 heterocycles. The van der Waals surface area contributed by atoms with Gasteiger partial charge in [-0.1, -0.05) is 59.6 Å². The van der Waals surface area contributed by atoms with Gasteiger partial charge >= 0.3 is 0 Å². The molecule has 30 heavy (non-hydrogen) atoms. The average molecular weight is 438 g/mol. The molecule has 0 aliphatic carbocycles. The van der Waals surface area contributed by atoms with Crippen LogP contribution in [0.4, 0.5) is 5.69 Å². The number of hydrogen-bond acceptors (Lipinski definition) is 3. The molecule has 0 spiro atoms. The first kappa shape index (κ1) is 20.2. The number of amides is 1. The summed E-state index contributed by atoms with van der Waals surface area (Å²) in [6.45, 7) is 1.84. The summed E-state index contributed by atoms with van der Waals surface area (Å²) in [6, 6.07) is 20.0.